The number of esters is 2. The van der Waals surface area contributed by atoms with Crippen LogP contribution in [0, 0.1) is 11.3 Å². The Kier molecular flexibility index (Phi) is 7.51. The van der Waals surface area contributed by atoms with E-state index in [1.54, 1.807) is 13.0 Å². The number of carbonyl (C=O) groups is 3. The summed E-state index contributed by atoms with van der Waals surface area (Å²) < 4.78 is 9.27. The minimum absolute atomic E-state index is 0.163. The van der Waals surface area contributed by atoms with Crippen molar-refractivity contribution in [2.24, 2.45) is 0 Å². The van der Waals surface area contributed by atoms with Crippen LogP contribution in [0.2, 0.25) is 0 Å². The first-order valence-corrected chi connectivity index (χ1v) is 7.00. The average molecular weight is 331 g/mol. The molecule has 126 valence electrons. The average Bonchev–Trinajstić information content (AvgIpc) is 2.59. The normalized spacial score (nSPS) is 10.3. The molecule has 0 aliphatic heterocycles. The molecule has 0 aliphatic rings. The second kappa shape index (κ2) is 9.63. The molecule has 2 N–H and O–H groups in total. The molecule has 0 bridgehead atoms. The second-order valence-electron chi connectivity index (χ2n) is 4.38. The Labute approximate surface area is 139 Å². The lowest BCUT2D eigenvalue weighted by atomic mass is 10.2. The minimum atomic E-state index is -0.654. The van der Waals surface area contributed by atoms with E-state index in [9.17, 15) is 14.4 Å². The summed E-state index contributed by atoms with van der Waals surface area (Å²) >= 11 is 0. The van der Waals surface area contributed by atoms with E-state index in [0.29, 0.717) is 11.3 Å². The molecule has 8 nitrogen and oxygen atoms in total. The van der Waals surface area contributed by atoms with E-state index in [1.807, 2.05) is 0 Å². The lowest BCUT2D eigenvalue weighted by Gasteiger charge is -2.06. The SMILES string of the molecule is CCOC(=O)c1ccc(NC(=O)/C(C#N)=C\NCC(=O)OC)cc1. The van der Waals surface area contributed by atoms with Gasteiger partial charge in [0.1, 0.15) is 18.2 Å². The number of methoxy groups -OCH3 is 1. The van der Waals surface area contributed by atoms with Gasteiger partial charge in [-0.15, -0.1) is 0 Å². The fourth-order valence-corrected chi connectivity index (χ4v) is 1.56. The highest BCUT2D eigenvalue weighted by molar-refractivity contribution is 6.06. The highest BCUT2D eigenvalue weighted by Gasteiger charge is 2.11. The third-order valence-corrected chi connectivity index (χ3v) is 2.74. The van der Waals surface area contributed by atoms with E-state index in [2.05, 4.69) is 15.4 Å². The van der Waals surface area contributed by atoms with Gasteiger partial charge in [0.2, 0.25) is 0 Å². The maximum Gasteiger partial charge on any atom is 0.338 e. The van der Waals surface area contributed by atoms with Crippen LogP contribution in [0.15, 0.2) is 36.0 Å². The monoisotopic (exact) mass is 331 g/mol. The summed E-state index contributed by atoms with van der Waals surface area (Å²) in [6, 6.07) is 7.75. The van der Waals surface area contributed by atoms with E-state index in [0.717, 1.165) is 6.20 Å². The molecule has 8 heteroatoms. The summed E-state index contributed by atoms with van der Waals surface area (Å²) in [5.74, 6) is -1.64. The highest BCUT2D eigenvalue weighted by atomic mass is 16.5. The molecule has 0 atom stereocenters. The summed E-state index contributed by atoms with van der Waals surface area (Å²) in [7, 11) is 1.23. The fourth-order valence-electron chi connectivity index (χ4n) is 1.56. The molecular weight excluding hydrogens is 314 g/mol. The molecule has 0 saturated carbocycles. The van der Waals surface area contributed by atoms with Crippen molar-refractivity contribution in [3.05, 3.63) is 41.6 Å². The maximum atomic E-state index is 12.0. The maximum absolute atomic E-state index is 12.0. The zero-order valence-corrected chi connectivity index (χ0v) is 13.3. The van der Waals surface area contributed by atoms with Gasteiger partial charge in [0.15, 0.2) is 0 Å². The Bertz CT molecular complexity index is 674. The molecule has 0 saturated heterocycles. The molecule has 0 heterocycles. The Balaban J connectivity index is 2.68. The zero-order chi connectivity index (χ0) is 17.9. The van der Waals surface area contributed by atoms with Crippen molar-refractivity contribution < 1.29 is 23.9 Å². The number of amides is 1. The number of carbonyl (C=O) groups excluding carboxylic acids is 3. The van der Waals surface area contributed by atoms with Gasteiger partial charge in [-0.3, -0.25) is 9.59 Å². The molecule has 0 fully saturated rings. The van der Waals surface area contributed by atoms with Crippen LogP contribution in [-0.4, -0.2) is 38.1 Å². The van der Waals surface area contributed by atoms with Crippen LogP contribution in [0.25, 0.3) is 0 Å². The second-order valence-corrected chi connectivity index (χ2v) is 4.38. The summed E-state index contributed by atoms with van der Waals surface area (Å²) in [4.78, 5) is 34.4. The zero-order valence-electron chi connectivity index (χ0n) is 13.3. The van der Waals surface area contributed by atoms with Crippen LogP contribution >= 0.6 is 0 Å². The van der Waals surface area contributed by atoms with E-state index >= 15 is 0 Å². The standard InChI is InChI=1S/C16H17N3O5/c1-3-24-16(22)11-4-6-13(7-5-11)19-15(21)12(8-17)9-18-10-14(20)23-2/h4-7,9,18H,3,10H2,1-2H3,(H,19,21)/b12-9-. The minimum Gasteiger partial charge on any atom is -0.468 e. The van der Waals surface area contributed by atoms with Gasteiger partial charge in [0.05, 0.1) is 19.3 Å². The van der Waals surface area contributed by atoms with Gasteiger partial charge in [-0.2, -0.15) is 5.26 Å². The first-order chi connectivity index (χ1) is 11.5. The van der Waals surface area contributed by atoms with Crippen molar-refractivity contribution in [3.8, 4) is 6.07 Å². The number of nitriles is 1. The smallest absolute Gasteiger partial charge is 0.338 e. The van der Waals surface area contributed by atoms with Gasteiger partial charge in [0.25, 0.3) is 5.91 Å². The van der Waals surface area contributed by atoms with Crippen molar-refractivity contribution in [1.29, 1.82) is 5.26 Å². The van der Waals surface area contributed by atoms with Crippen LogP contribution in [0.5, 0.6) is 0 Å². The molecule has 1 rings (SSSR count). The van der Waals surface area contributed by atoms with Gasteiger partial charge >= 0.3 is 11.9 Å². The van der Waals surface area contributed by atoms with Gasteiger partial charge in [-0.05, 0) is 31.2 Å². The number of benzene rings is 1. The topological polar surface area (TPSA) is 118 Å². The predicted octanol–water partition coefficient (Wildman–Crippen LogP) is 0.972. The van der Waals surface area contributed by atoms with Crippen molar-refractivity contribution in [2.75, 3.05) is 25.6 Å². The third kappa shape index (κ3) is 5.81. The summed E-state index contributed by atoms with van der Waals surface area (Å²) in [5, 5.41) is 14.0. The van der Waals surface area contributed by atoms with Crippen molar-refractivity contribution in [3.63, 3.8) is 0 Å². The summed E-state index contributed by atoms with van der Waals surface area (Å²) in [6.07, 6.45) is 1.12. The molecule has 0 spiro atoms. The Hall–Kier alpha value is -3.34. The molecular formula is C16H17N3O5. The highest BCUT2D eigenvalue weighted by Crippen LogP contribution is 2.11. The predicted molar refractivity (Wildman–Crippen MR) is 84.7 cm³/mol. The van der Waals surface area contributed by atoms with Gasteiger partial charge in [-0.1, -0.05) is 0 Å². The summed E-state index contributed by atoms with van der Waals surface area (Å²) in [5.41, 5.74) is 0.543. The van der Waals surface area contributed by atoms with Crippen LogP contribution in [0.4, 0.5) is 5.69 Å². The quantitative estimate of drug-likeness (QED) is 0.434. The van der Waals surface area contributed by atoms with Crippen LogP contribution in [0.1, 0.15) is 17.3 Å². The van der Waals surface area contributed by atoms with Crippen LogP contribution < -0.4 is 10.6 Å². The lowest BCUT2D eigenvalue weighted by Crippen LogP contribution is -2.22. The molecule has 1 aromatic rings. The number of anilines is 1. The number of ether oxygens (including phenoxy) is 2. The van der Waals surface area contributed by atoms with Gasteiger partial charge in [-0.25, -0.2) is 4.79 Å². The molecule has 0 unspecified atom stereocenters. The van der Waals surface area contributed by atoms with E-state index in [4.69, 9.17) is 10.00 Å². The molecule has 0 aromatic heterocycles. The number of rotatable bonds is 7. The first kappa shape index (κ1) is 18.7. The molecule has 0 aliphatic carbocycles. The van der Waals surface area contributed by atoms with Crippen LogP contribution in [-0.2, 0) is 19.1 Å². The number of hydrogen-bond acceptors (Lipinski definition) is 7. The van der Waals surface area contributed by atoms with E-state index < -0.39 is 17.8 Å². The van der Waals surface area contributed by atoms with Gasteiger partial charge in [0, 0.05) is 11.9 Å². The van der Waals surface area contributed by atoms with Crippen LogP contribution in [0.3, 0.4) is 0 Å². The Morgan fingerprint density at radius 3 is 2.46 bits per heavy atom. The fraction of sp³-hybridized carbons (Fsp3) is 0.250. The first-order valence-electron chi connectivity index (χ1n) is 7.00. The third-order valence-electron chi connectivity index (χ3n) is 2.74. The molecule has 0 radical (unpaired) electrons. The largest absolute Gasteiger partial charge is 0.468 e. The van der Waals surface area contributed by atoms with Crippen molar-refractivity contribution in [1.82, 2.24) is 5.32 Å². The lowest BCUT2D eigenvalue weighted by molar-refractivity contribution is -0.139. The molecule has 24 heavy (non-hydrogen) atoms. The van der Waals surface area contributed by atoms with Crippen molar-refractivity contribution >= 4 is 23.5 Å². The number of hydrogen-bond donors (Lipinski definition) is 2. The number of nitrogens with one attached hydrogen (secondary N) is 2. The van der Waals surface area contributed by atoms with Gasteiger partial charge < -0.3 is 20.1 Å². The number of nitrogens with zero attached hydrogens (tertiary/aromatic N) is 1. The molecule has 1 aromatic carbocycles. The Morgan fingerprint density at radius 1 is 1.25 bits per heavy atom. The van der Waals surface area contributed by atoms with E-state index in [-0.39, 0.29) is 18.7 Å². The molecule has 1 amide bonds. The summed E-state index contributed by atoms with van der Waals surface area (Å²) in [6.45, 7) is 1.81. The Morgan fingerprint density at radius 2 is 1.92 bits per heavy atom. The van der Waals surface area contributed by atoms with Crippen molar-refractivity contribution in [2.45, 2.75) is 6.92 Å². The van der Waals surface area contributed by atoms with E-state index in [1.165, 1.54) is 31.4 Å².